The SMILES string of the molecule is CC(=O)N(C)C1CC=C(c2ccc(O)c(N3CC(=O)NS3(=O)=O)c2F)CC1. The summed E-state index contributed by atoms with van der Waals surface area (Å²) in [7, 11) is -2.53. The Morgan fingerprint density at radius 1 is 1.41 bits per heavy atom. The minimum Gasteiger partial charge on any atom is -0.506 e. The van der Waals surface area contributed by atoms with Gasteiger partial charge in [-0.25, -0.2) is 13.4 Å². The lowest BCUT2D eigenvalue weighted by molar-refractivity contribution is -0.129. The zero-order valence-corrected chi connectivity index (χ0v) is 15.7. The average molecular weight is 397 g/mol. The molecule has 1 aromatic rings. The van der Waals surface area contributed by atoms with Crippen LogP contribution < -0.4 is 9.03 Å². The van der Waals surface area contributed by atoms with Crippen LogP contribution in [0.1, 0.15) is 31.7 Å². The van der Waals surface area contributed by atoms with Crippen LogP contribution >= 0.6 is 0 Å². The molecule has 0 aromatic heterocycles. The van der Waals surface area contributed by atoms with E-state index in [1.165, 1.54) is 19.1 Å². The fraction of sp³-hybridized carbons (Fsp3) is 0.412. The summed E-state index contributed by atoms with van der Waals surface area (Å²) >= 11 is 0. The number of amides is 2. The number of nitrogens with one attached hydrogen (secondary N) is 1. The zero-order valence-electron chi connectivity index (χ0n) is 14.9. The molecule has 2 N–H and O–H groups in total. The van der Waals surface area contributed by atoms with Gasteiger partial charge in [0.25, 0.3) is 5.91 Å². The zero-order chi connectivity index (χ0) is 19.9. The van der Waals surface area contributed by atoms with Crippen molar-refractivity contribution in [1.29, 1.82) is 0 Å². The number of halogens is 1. The predicted octanol–water partition coefficient (Wildman–Crippen LogP) is 1.13. The van der Waals surface area contributed by atoms with Gasteiger partial charge in [0.2, 0.25) is 5.91 Å². The van der Waals surface area contributed by atoms with Gasteiger partial charge < -0.3 is 10.0 Å². The van der Waals surface area contributed by atoms with E-state index >= 15 is 4.39 Å². The van der Waals surface area contributed by atoms with Crippen LogP contribution in [0.2, 0.25) is 0 Å². The Labute approximate surface area is 156 Å². The monoisotopic (exact) mass is 397 g/mol. The number of phenols is 1. The summed E-state index contributed by atoms with van der Waals surface area (Å²) in [6.07, 6.45) is 3.49. The second-order valence-electron chi connectivity index (χ2n) is 6.62. The normalized spacial score (nSPS) is 21.6. The number of carbonyl (C=O) groups excluding carboxylic acids is 2. The van der Waals surface area contributed by atoms with Gasteiger partial charge in [0.1, 0.15) is 18.0 Å². The number of allylic oxidation sites excluding steroid dienone is 1. The molecule has 3 rings (SSSR count). The van der Waals surface area contributed by atoms with Crippen molar-refractivity contribution in [2.24, 2.45) is 0 Å². The highest BCUT2D eigenvalue weighted by molar-refractivity contribution is 7.92. The number of carbonyl (C=O) groups is 2. The Balaban J connectivity index is 1.95. The second kappa shape index (κ2) is 6.84. The van der Waals surface area contributed by atoms with Gasteiger partial charge in [0.05, 0.1) is 0 Å². The molecule has 2 amide bonds. The van der Waals surface area contributed by atoms with Crippen LogP contribution in [0.5, 0.6) is 5.75 Å². The van der Waals surface area contributed by atoms with Crippen molar-refractivity contribution in [2.45, 2.75) is 32.2 Å². The van der Waals surface area contributed by atoms with Gasteiger partial charge in [-0.15, -0.1) is 0 Å². The first-order valence-corrected chi connectivity index (χ1v) is 9.83. The Bertz CT molecular complexity index is 944. The van der Waals surface area contributed by atoms with E-state index in [4.69, 9.17) is 0 Å². The molecule has 1 atom stereocenters. The van der Waals surface area contributed by atoms with Crippen molar-refractivity contribution < 1.29 is 27.5 Å². The highest BCUT2D eigenvalue weighted by atomic mass is 32.2. The van der Waals surface area contributed by atoms with Gasteiger partial charge in [0.15, 0.2) is 5.82 Å². The molecule has 10 heteroatoms. The molecule has 1 aliphatic heterocycles. The Morgan fingerprint density at radius 3 is 2.63 bits per heavy atom. The van der Waals surface area contributed by atoms with Crippen LogP contribution in [0.4, 0.5) is 10.1 Å². The Morgan fingerprint density at radius 2 is 2.11 bits per heavy atom. The van der Waals surface area contributed by atoms with Gasteiger partial charge in [-0.05, 0) is 37.0 Å². The standard InChI is InChI=1S/C17H20FN3O5S/c1-10(22)20(2)12-5-3-11(4-6-12)13-7-8-14(23)17(16(13)18)21-9-15(24)19-27(21,25)26/h3,7-8,12,23H,4-6,9H2,1-2H3,(H,19,24). The Kier molecular flexibility index (Phi) is 4.85. The largest absolute Gasteiger partial charge is 0.506 e. The highest BCUT2D eigenvalue weighted by Crippen LogP contribution is 2.39. The van der Waals surface area contributed by atoms with Gasteiger partial charge in [-0.3, -0.25) is 9.59 Å². The lowest BCUT2D eigenvalue weighted by atomic mass is 9.89. The third kappa shape index (κ3) is 3.48. The van der Waals surface area contributed by atoms with Crippen LogP contribution in [0.25, 0.3) is 5.57 Å². The lowest BCUT2D eigenvalue weighted by Crippen LogP contribution is -2.36. The fourth-order valence-electron chi connectivity index (χ4n) is 3.36. The predicted molar refractivity (Wildman–Crippen MR) is 96.5 cm³/mol. The van der Waals surface area contributed by atoms with Crippen molar-refractivity contribution >= 4 is 33.3 Å². The van der Waals surface area contributed by atoms with Gasteiger partial charge >= 0.3 is 10.2 Å². The summed E-state index contributed by atoms with van der Waals surface area (Å²) in [6.45, 7) is 0.887. The van der Waals surface area contributed by atoms with E-state index in [-0.39, 0.29) is 17.5 Å². The molecule has 1 fully saturated rings. The molecule has 1 aromatic carbocycles. The number of phenolic OH excluding ortho intramolecular Hbond substituents is 1. The van der Waals surface area contributed by atoms with Crippen LogP contribution in [0.3, 0.4) is 0 Å². The first-order valence-electron chi connectivity index (χ1n) is 8.39. The van der Waals surface area contributed by atoms with Crippen molar-refractivity contribution in [2.75, 3.05) is 17.9 Å². The summed E-state index contributed by atoms with van der Waals surface area (Å²) in [5, 5.41) is 10.0. The molecule has 8 nitrogen and oxygen atoms in total. The molecular weight excluding hydrogens is 377 g/mol. The van der Waals surface area contributed by atoms with Crippen LogP contribution in [-0.2, 0) is 19.8 Å². The minimum atomic E-state index is -4.24. The number of benzene rings is 1. The first-order chi connectivity index (χ1) is 12.6. The summed E-state index contributed by atoms with van der Waals surface area (Å²) in [5.41, 5.74) is 0.286. The van der Waals surface area contributed by atoms with E-state index in [0.717, 1.165) is 0 Å². The van der Waals surface area contributed by atoms with Crippen molar-refractivity contribution in [3.63, 3.8) is 0 Å². The molecule has 0 bridgehead atoms. The van der Waals surface area contributed by atoms with E-state index in [1.54, 1.807) is 16.7 Å². The molecule has 1 saturated heterocycles. The molecular formula is C17H20FN3O5S. The molecule has 0 saturated carbocycles. The molecule has 2 aliphatic rings. The molecule has 1 aliphatic carbocycles. The van der Waals surface area contributed by atoms with Crippen LogP contribution in [-0.4, -0.2) is 49.9 Å². The second-order valence-corrected chi connectivity index (χ2v) is 8.21. The maximum atomic E-state index is 15.1. The van der Waals surface area contributed by atoms with Gasteiger partial charge in [0, 0.05) is 25.6 Å². The molecule has 27 heavy (non-hydrogen) atoms. The number of rotatable bonds is 3. The number of aromatic hydroxyl groups is 1. The number of anilines is 1. The summed E-state index contributed by atoms with van der Waals surface area (Å²) in [6, 6.07) is 2.61. The van der Waals surface area contributed by atoms with E-state index in [2.05, 4.69) is 0 Å². The molecule has 146 valence electrons. The summed E-state index contributed by atoms with van der Waals surface area (Å²) in [4.78, 5) is 24.6. The minimum absolute atomic E-state index is 0.0201. The van der Waals surface area contributed by atoms with Gasteiger partial charge in [-0.2, -0.15) is 8.42 Å². The average Bonchev–Trinajstić information content (AvgIpc) is 2.87. The van der Waals surface area contributed by atoms with E-state index in [1.807, 2.05) is 6.08 Å². The van der Waals surface area contributed by atoms with Crippen molar-refractivity contribution in [3.05, 3.63) is 29.6 Å². The van der Waals surface area contributed by atoms with E-state index in [0.29, 0.717) is 29.1 Å². The van der Waals surface area contributed by atoms with E-state index < -0.39 is 39.9 Å². The quantitative estimate of drug-likeness (QED) is 0.795. The number of hydrogen-bond donors (Lipinski definition) is 2. The molecule has 1 unspecified atom stereocenters. The van der Waals surface area contributed by atoms with E-state index in [9.17, 15) is 23.1 Å². The summed E-state index contributed by atoms with van der Waals surface area (Å²) in [5.74, 6) is -2.32. The topological polar surface area (TPSA) is 107 Å². The fourth-order valence-corrected chi connectivity index (χ4v) is 4.52. The van der Waals surface area contributed by atoms with Crippen LogP contribution in [0.15, 0.2) is 18.2 Å². The first kappa shape index (κ1) is 19.2. The lowest BCUT2D eigenvalue weighted by Gasteiger charge is -2.30. The van der Waals surface area contributed by atoms with Gasteiger partial charge in [-0.1, -0.05) is 6.08 Å². The number of nitrogens with zero attached hydrogens (tertiary/aromatic N) is 2. The molecule has 0 spiro atoms. The van der Waals surface area contributed by atoms with Crippen molar-refractivity contribution in [1.82, 2.24) is 9.62 Å². The molecule has 0 radical (unpaired) electrons. The van der Waals surface area contributed by atoms with Crippen molar-refractivity contribution in [3.8, 4) is 5.75 Å². The highest BCUT2D eigenvalue weighted by Gasteiger charge is 2.38. The Hall–Kier alpha value is -2.62. The maximum absolute atomic E-state index is 15.1. The summed E-state index contributed by atoms with van der Waals surface area (Å²) < 4.78 is 41.4. The smallest absolute Gasteiger partial charge is 0.326 e. The third-order valence-electron chi connectivity index (χ3n) is 4.94. The number of hydrogen-bond acceptors (Lipinski definition) is 5. The van der Waals surface area contributed by atoms with Crippen LogP contribution in [0, 0.1) is 5.82 Å². The third-order valence-corrected chi connectivity index (χ3v) is 6.32. The maximum Gasteiger partial charge on any atom is 0.326 e. The molecule has 1 heterocycles.